The first-order valence-corrected chi connectivity index (χ1v) is 19.3. The lowest BCUT2D eigenvalue weighted by atomic mass is 9.66. The molecule has 0 saturated carbocycles. The minimum absolute atomic E-state index is 0.162. The van der Waals surface area contributed by atoms with Gasteiger partial charge in [-0.1, -0.05) is 52.0 Å². The van der Waals surface area contributed by atoms with Gasteiger partial charge in [0.05, 0.1) is 27.4 Å². The van der Waals surface area contributed by atoms with E-state index in [2.05, 4.69) is 77.2 Å². The Morgan fingerprint density at radius 2 is 1.54 bits per heavy atom. The zero-order chi connectivity index (χ0) is 33.4. The van der Waals surface area contributed by atoms with E-state index in [-0.39, 0.29) is 23.2 Å². The van der Waals surface area contributed by atoms with Crippen LogP contribution in [0.2, 0.25) is 18.1 Å². The smallest absolute Gasteiger partial charge is 0.191 e. The fourth-order valence-corrected chi connectivity index (χ4v) is 6.96. The molecule has 0 fully saturated rings. The molecule has 3 aromatic carbocycles. The molecule has 2 unspecified atom stereocenters. The van der Waals surface area contributed by atoms with E-state index in [0.717, 1.165) is 72.2 Å². The van der Waals surface area contributed by atoms with Gasteiger partial charge in [0.2, 0.25) is 0 Å². The second-order valence-corrected chi connectivity index (χ2v) is 18.7. The molecular formula is C38H54O7Si. The Morgan fingerprint density at radius 3 is 2.22 bits per heavy atom. The second-order valence-electron chi connectivity index (χ2n) is 13.9. The van der Waals surface area contributed by atoms with Crippen molar-refractivity contribution in [2.24, 2.45) is 0 Å². The maximum Gasteiger partial charge on any atom is 0.191 e. The Morgan fingerprint density at radius 1 is 0.826 bits per heavy atom. The molecule has 252 valence electrons. The van der Waals surface area contributed by atoms with Crippen LogP contribution in [-0.2, 0) is 21.0 Å². The zero-order valence-electron chi connectivity index (χ0n) is 29.4. The van der Waals surface area contributed by atoms with E-state index >= 15 is 0 Å². The lowest BCUT2D eigenvalue weighted by molar-refractivity contribution is 0.0506. The number of hydrogen-bond acceptors (Lipinski definition) is 7. The van der Waals surface area contributed by atoms with Crippen molar-refractivity contribution < 1.29 is 32.8 Å². The fourth-order valence-electron chi connectivity index (χ4n) is 5.88. The van der Waals surface area contributed by atoms with E-state index in [0.29, 0.717) is 13.2 Å². The number of hydrogen-bond donors (Lipinski definition) is 0. The summed E-state index contributed by atoms with van der Waals surface area (Å²) < 4.78 is 41.1. The third kappa shape index (κ3) is 8.58. The SMILES string of the molecule is COCOc1ccc2c(c1)OCC(C)(c1ccc(OC)cc1OC)C2CCCOc1ccc(CCCO[Si](C)(C)C(C)(C)C)cc1. The van der Waals surface area contributed by atoms with Gasteiger partial charge in [0, 0.05) is 42.7 Å². The number of benzene rings is 3. The largest absolute Gasteiger partial charge is 0.497 e. The quantitative estimate of drug-likeness (QED) is 0.0871. The molecule has 0 saturated heterocycles. The van der Waals surface area contributed by atoms with E-state index in [1.807, 2.05) is 24.3 Å². The Kier molecular flexibility index (Phi) is 12.1. The predicted octanol–water partition coefficient (Wildman–Crippen LogP) is 8.93. The van der Waals surface area contributed by atoms with Crippen molar-refractivity contribution in [2.75, 3.05) is 47.9 Å². The minimum Gasteiger partial charge on any atom is -0.497 e. The summed E-state index contributed by atoms with van der Waals surface area (Å²) >= 11 is 0. The molecule has 0 N–H and O–H groups in total. The van der Waals surface area contributed by atoms with Gasteiger partial charge >= 0.3 is 0 Å². The predicted molar refractivity (Wildman–Crippen MR) is 187 cm³/mol. The summed E-state index contributed by atoms with van der Waals surface area (Å²) in [5.74, 6) is 4.18. The molecule has 46 heavy (non-hydrogen) atoms. The average molecular weight is 651 g/mol. The molecule has 0 radical (unpaired) electrons. The Hall–Kier alpha value is -3.20. The third-order valence-corrected chi connectivity index (χ3v) is 14.3. The van der Waals surface area contributed by atoms with Crippen LogP contribution in [0.4, 0.5) is 0 Å². The maximum atomic E-state index is 6.41. The molecule has 1 aliphatic heterocycles. The van der Waals surface area contributed by atoms with E-state index < -0.39 is 8.32 Å². The maximum absolute atomic E-state index is 6.41. The van der Waals surface area contributed by atoms with Crippen LogP contribution in [0.1, 0.15) is 69.6 Å². The van der Waals surface area contributed by atoms with Gasteiger partial charge in [0.15, 0.2) is 15.1 Å². The molecule has 8 heteroatoms. The van der Waals surface area contributed by atoms with E-state index in [1.54, 1.807) is 21.3 Å². The Bertz CT molecular complexity index is 1400. The van der Waals surface area contributed by atoms with Crippen LogP contribution in [0.3, 0.4) is 0 Å². The number of aryl methyl sites for hydroxylation is 1. The number of ether oxygens (including phenoxy) is 6. The van der Waals surface area contributed by atoms with Crippen LogP contribution >= 0.6 is 0 Å². The zero-order valence-corrected chi connectivity index (χ0v) is 30.4. The molecule has 1 heterocycles. The van der Waals surface area contributed by atoms with Gasteiger partial charge < -0.3 is 32.8 Å². The summed E-state index contributed by atoms with van der Waals surface area (Å²) in [6, 6.07) is 20.6. The topological polar surface area (TPSA) is 64.6 Å². The lowest BCUT2D eigenvalue weighted by Crippen LogP contribution is -2.41. The van der Waals surface area contributed by atoms with Crippen LogP contribution in [0, 0.1) is 0 Å². The third-order valence-electron chi connectivity index (χ3n) is 9.73. The normalized spacial score (nSPS) is 18.0. The van der Waals surface area contributed by atoms with E-state index in [1.165, 1.54) is 5.56 Å². The Labute approximate surface area is 277 Å². The van der Waals surface area contributed by atoms with E-state index in [4.69, 9.17) is 32.8 Å². The van der Waals surface area contributed by atoms with E-state index in [9.17, 15) is 0 Å². The summed E-state index contributed by atoms with van der Waals surface area (Å²) in [4.78, 5) is 0. The molecule has 7 nitrogen and oxygen atoms in total. The minimum atomic E-state index is -1.70. The summed E-state index contributed by atoms with van der Waals surface area (Å²) in [5.41, 5.74) is 3.22. The molecule has 1 aliphatic rings. The summed E-state index contributed by atoms with van der Waals surface area (Å²) in [5, 5.41) is 0.240. The molecular weight excluding hydrogens is 596 g/mol. The highest BCUT2D eigenvalue weighted by molar-refractivity contribution is 6.74. The van der Waals surface area contributed by atoms with Gasteiger partial charge in [0.1, 0.15) is 28.7 Å². The van der Waals surface area contributed by atoms with Crippen molar-refractivity contribution in [1.82, 2.24) is 0 Å². The van der Waals surface area contributed by atoms with Crippen molar-refractivity contribution in [1.29, 1.82) is 0 Å². The first kappa shape index (κ1) is 35.6. The molecule has 3 aromatic rings. The van der Waals surface area contributed by atoms with Gasteiger partial charge in [-0.25, -0.2) is 0 Å². The van der Waals surface area contributed by atoms with Crippen LogP contribution < -0.4 is 23.7 Å². The van der Waals surface area contributed by atoms with Gasteiger partial charge in [-0.2, -0.15) is 0 Å². The monoisotopic (exact) mass is 650 g/mol. The summed E-state index contributed by atoms with van der Waals surface area (Å²) in [7, 11) is 3.29. The second kappa shape index (κ2) is 15.6. The van der Waals surface area contributed by atoms with Crippen molar-refractivity contribution >= 4 is 8.32 Å². The molecule has 0 amide bonds. The van der Waals surface area contributed by atoms with Crippen LogP contribution in [0.25, 0.3) is 0 Å². The highest BCUT2D eigenvalue weighted by Gasteiger charge is 2.44. The fraction of sp³-hybridized carbons (Fsp3) is 0.526. The molecule has 0 aliphatic carbocycles. The first-order valence-electron chi connectivity index (χ1n) is 16.4. The molecule has 2 atom stereocenters. The van der Waals surface area contributed by atoms with Crippen molar-refractivity contribution in [3.8, 4) is 28.7 Å². The molecule has 0 bridgehead atoms. The lowest BCUT2D eigenvalue weighted by Gasteiger charge is -2.43. The van der Waals surface area contributed by atoms with Gasteiger partial charge in [0.25, 0.3) is 0 Å². The van der Waals surface area contributed by atoms with Crippen LogP contribution in [0.15, 0.2) is 60.7 Å². The highest BCUT2D eigenvalue weighted by Crippen LogP contribution is 2.52. The van der Waals surface area contributed by atoms with Gasteiger partial charge in [-0.15, -0.1) is 0 Å². The number of methoxy groups -OCH3 is 3. The molecule has 4 rings (SSSR count). The molecule has 0 spiro atoms. The van der Waals surface area contributed by atoms with Crippen molar-refractivity contribution in [3.63, 3.8) is 0 Å². The average Bonchev–Trinajstić information content (AvgIpc) is 3.04. The first-order chi connectivity index (χ1) is 21.9. The van der Waals surface area contributed by atoms with Crippen molar-refractivity contribution in [2.45, 2.75) is 82.8 Å². The summed E-state index contributed by atoms with van der Waals surface area (Å²) in [6.07, 6.45) is 3.82. The van der Waals surface area contributed by atoms with Crippen LogP contribution in [0.5, 0.6) is 28.7 Å². The van der Waals surface area contributed by atoms with Gasteiger partial charge in [-0.05, 0) is 79.2 Å². The number of rotatable bonds is 16. The van der Waals surface area contributed by atoms with Crippen molar-refractivity contribution in [3.05, 3.63) is 77.4 Å². The van der Waals surface area contributed by atoms with Gasteiger partial charge in [-0.3, -0.25) is 0 Å². The summed E-state index contributed by atoms with van der Waals surface area (Å²) in [6.45, 7) is 15.9. The number of fused-ring (bicyclic) bond motifs is 1. The van der Waals surface area contributed by atoms with Crippen LogP contribution in [-0.4, -0.2) is 56.3 Å². The highest BCUT2D eigenvalue weighted by atomic mass is 28.4. The standard InChI is InChI=1S/C38H54O7Si/c1-37(2,3)46(8,9)45-23-10-12-28-14-16-29(17-15-28)42-22-11-13-33-32-20-18-31(44-27-39-5)25-35(32)43-26-38(33,4)34-21-19-30(40-6)24-36(34)41-7/h14-21,24-25,33H,10-13,22-23,26-27H2,1-9H3. The Balaban J connectivity index is 1.41. The molecule has 0 aromatic heterocycles.